The Kier molecular flexibility index (Phi) is 9.09. The molecule has 0 unspecified atom stereocenters. The molecule has 1 heterocycles. The Morgan fingerprint density at radius 2 is 1.42 bits per heavy atom. The van der Waals surface area contributed by atoms with Gasteiger partial charge in [-0.2, -0.15) is 0 Å². The molecule has 0 bridgehead atoms. The van der Waals surface area contributed by atoms with Crippen molar-refractivity contribution in [2.75, 3.05) is 0 Å². The van der Waals surface area contributed by atoms with E-state index in [1.165, 1.54) is 36.9 Å². The van der Waals surface area contributed by atoms with Crippen molar-refractivity contribution in [3.8, 4) is 0 Å². The third-order valence-electron chi connectivity index (χ3n) is 3.56. The van der Waals surface area contributed by atoms with Gasteiger partial charge in [0.2, 0.25) is 0 Å². The highest BCUT2D eigenvalue weighted by molar-refractivity contribution is 7.26. The molecule has 2 aromatic carbocycles. The van der Waals surface area contributed by atoms with Gasteiger partial charge in [0.05, 0.1) is 0 Å². The third kappa shape index (κ3) is 5.19. The van der Waals surface area contributed by atoms with Crippen LogP contribution in [0.5, 0.6) is 0 Å². The van der Waals surface area contributed by atoms with Gasteiger partial charge in [0.1, 0.15) is 0 Å². The van der Waals surface area contributed by atoms with Crippen molar-refractivity contribution in [1.82, 2.24) is 0 Å². The normalized spacial score (nSPS) is 10.5. The lowest BCUT2D eigenvalue weighted by atomic mass is 9.99. The van der Waals surface area contributed by atoms with Gasteiger partial charge >= 0.3 is 0 Å². The fraction of sp³-hybridized carbons (Fsp3) is 0.280. The van der Waals surface area contributed by atoms with Gasteiger partial charge in [-0.15, -0.1) is 11.3 Å². The molecule has 0 aliphatic rings. The molecule has 0 spiro atoms. The van der Waals surface area contributed by atoms with Crippen molar-refractivity contribution in [3.63, 3.8) is 0 Å². The lowest BCUT2D eigenvalue weighted by Crippen LogP contribution is -1.84. The average Bonchev–Trinajstić information content (AvgIpc) is 3.02. The maximum Gasteiger partial charge on any atom is 0.0433 e. The highest BCUT2D eigenvalue weighted by Gasteiger charge is 2.10. The Balaban J connectivity index is 0.000000791. The Morgan fingerprint density at radius 1 is 0.808 bits per heavy atom. The number of allylic oxidation sites excluding steroid dienone is 5. The van der Waals surface area contributed by atoms with E-state index in [2.05, 4.69) is 75.0 Å². The van der Waals surface area contributed by atoms with Crippen molar-refractivity contribution in [1.29, 1.82) is 0 Å². The molecule has 0 radical (unpaired) electrons. The van der Waals surface area contributed by atoms with Crippen LogP contribution in [-0.2, 0) is 0 Å². The van der Waals surface area contributed by atoms with E-state index in [0.29, 0.717) is 0 Å². The Hall–Kier alpha value is -2.12. The molecule has 0 atom stereocenters. The van der Waals surface area contributed by atoms with Crippen LogP contribution in [0.4, 0.5) is 0 Å². The van der Waals surface area contributed by atoms with Crippen LogP contribution >= 0.6 is 11.3 Å². The first-order valence-electron chi connectivity index (χ1n) is 9.49. The fourth-order valence-electron chi connectivity index (χ4n) is 2.75. The summed E-state index contributed by atoms with van der Waals surface area (Å²) in [5.41, 5.74) is 4.91. The molecule has 3 aromatic rings. The van der Waals surface area contributed by atoms with E-state index in [-0.39, 0.29) is 0 Å². The van der Waals surface area contributed by atoms with Crippen molar-refractivity contribution < 1.29 is 0 Å². The molecule has 0 nitrogen and oxygen atoms in total. The molecule has 138 valence electrons. The van der Waals surface area contributed by atoms with Crippen LogP contribution in [-0.4, -0.2) is 0 Å². The number of hydrogen-bond acceptors (Lipinski definition) is 1. The maximum atomic E-state index is 4.05. The van der Waals surface area contributed by atoms with Crippen LogP contribution in [0.2, 0.25) is 0 Å². The standard InChI is InChI=1S/C21H20S.2C2H6/c1-14(2)12-16(13-15(3)4)17-9-7-10-19-18-8-5-6-11-20(18)22-21(17)19;2*1-2/h5-13H,1H2,2-4H3;2*1-2H3/b16-12+;;. The Bertz CT molecular complexity index is 916. The van der Waals surface area contributed by atoms with Crippen molar-refractivity contribution in [2.45, 2.75) is 48.5 Å². The largest absolute Gasteiger partial charge is 0.135 e. The van der Waals surface area contributed by atoms with Gasteiger partial charge < -0.3 is 0 Å². The number of fused-ring (bicyclic) bond motifs is 3. The van der Waals surface area contributed by atoms with Crippen molar-refractivity contribution >= 4 is 37.1 Å². The summed E-state index contributed by atoms with van der Waals surface area (Å²) in [6, 6.07) is 15.2. The predicted octanol–water partition coefficient (Wildman–Crippen LogP) is 9.03. The number of rotatable bonds is 3. The molecule has 1 heteroatoms. The van der Waals surface area contributed by atoms with Gasteiger partial charge in [-0.25, -0.2) is 0 Å². The van der Waals surface area contributed by atoms with E-state index in [4.69, 9.17) is 0 Å². The minimum absolute atomic E-state index is 1.07. The predicted molar refractivity (Wildman–Crippen MR) is 124 cm³/mol. The highest BCUT2D eigenvalue weighted by Crippen LogP contribution is 2.38. The summed E-state index contributed by atoms with van der Waals surface area (Å²) in [6.45, 7) is 18.4. The van der Waals surface area contributed by atoms with E-state index in [1.807, 2.05) is 46.0 Å². The molecular formula is C25H32S. The van der Waals surface area contributed by atoms with Crippen LogP contribution < -0.4 is 0 Å². The molecule has 0 amide bonds. The summed E-state index contributed by atoms with van der Waals surface area (Å²) in [6.07, 6.45) is 4.42. The summed E-state index contributed by atoms with van der Waals surface area (Å²) in [5.74, 6) is 0. The second-order valence-corrected chi connectivity index (χ2v) is 7.00. The third-order valence-corrected chi connectivity index (χ3v) is 4.78. The second kappa shape index (κ2) is 10.8. The molecule has 0 saturated heterocycles. The molecular weight excluding hydrogens is 332 g/mol. The number of hydrogen-bond donors (Lipinski definition) is 0. The first-order chi connectivity index (χ1) is 12.6. The molecule has 1 aromatic heterocycles. The Morgan fingerprint density at radius 3 is 2.04 bits per heavy atom. The van der Waals surface area contributed by atoms with Gasteiger partial charge in [-0.3, -0.25) is 0 Å². The Labute approximate surface area is 163 Å². The lowest BCUT2D eigenvalue weighted by molar-refractivity contribution is 1.39. The van der Waals surface area contributed by atoms with E-state index in [9.17, 15) is 0 Å². The van der Waals surface area contributed by atoms with Crippen LogP contribution in [0.25, 0.3) is 25.7 Å². The summed E-state index contributed by atoms with van der Waals surface area (Å²) in [7, 11) is 0. The van der Waals surface area contributed by atoms with E-state index < -0.39 is 0 Å². The zero-order valence-corrected chi connectivity index (χ0v) is 18.1. The molecule has 0 N–H and O–H groups in total. The van der Waals surface area contributed by atoms with Gasteiger partial charge in [0.25, 0.3) is 0 Å². The van der Waals surface area contributed by atoms with Gasteiger partial charge in [-0.1, -0.05) is 94.0 Å². The number of benzene rings is 2. The smallest absolute Gasteiger partial charge is 0.0433 e. The summed E-state index contributed by atoms with van der Waals surface area (Å²) >= 11 is 1.87. The van der Waals surface area contributed by atoms with Gasteiger partial charge in [-0.05, 0) is 38.0 Å². The minimum atomic E-state index is 1.07. The summed E-state index contributed by atoms with van der Waals surface area (Å²) in [5, 5.41) is 2.68. The zero-order valence-electron chi connectivity index (χ0n) is 17.3. The first kappa shape index (κ1) is 21.9. The topological polar surface area (TPSA) is 0 Å². The quantitative estimate of drug-likeness (QED) is 0.407. The van der Waals surface area contributed by atoms with E-state index >= 15 is 0 Å². The SMILES string of the molecule is C=C(C)/C=C(\C=C(C)C)c1cccc2c1sc1ccccc12.CC.CC. The fourth-order valence-corrected chi connectivity index (χ4v) is 3.99. The lowest BCUT2D eigenvalue weighted by Gasteiger charge is -2.06. The van der Waals surface area contributed by atoms with Gasteiger partial charge in [0.15, 0.2) is 0 Å². The van der Waals surface area contributed by atoms with E-state index in [0.717, 1.165) is 5.57 Å². The van der Waals surface area contributed by atoms with Crippen molar-refractivity contribution in [3.05, 3.63) is 77.9 Å². The summed E-state index contributed by atoms with van der Waals surface area (Å²) < 4.78 is 2.70. The van der Waals surface area contributed by atoms with Gasteiger partial charge in [0, 0.05) is 20.2 Å². The minimum Gasteiger partial charge on any atom is -0.135 e. The van der Waals surface area contributed by atoms with Crippen LogP contribution in [0.1, 0.15) is 54.0 Å². The summed E-state index contributed by atoms with van der Waals surface area (Å²) in [4.78, 5) is 0. The second-order valence-electron chi connectivity index (χ2n) is 5.95. The molecule has 26 heavy (non-hydrogen) atoms. The molecule has 0 aliphatic carbocycles. The van der Waals surface area contributed by atoms with Crippen molar-refractivity contribution in [2.24, 2.45) is 0 Å². The maximum absolute atomic E-state index is 4.05. The average molecular weight is 365 g/mol. The van der Waals surface area contributed by atoms with E-state index in [1.54, 1.807) is 0 Å². The van der Waals surface area contributed by atoms with Crippen LogP contribution in [0, 0.1) is 0 Å². The monoisotopic (exact) mass is 364 g/mol. The van der Waals surface area contributed by atoms with Crippen LogP contribution in [0.3, 0.4) is 0 Å². The molecule has 0 aliphatic heterocycles. The zero-order chi connectivity index (χ0) is 19.7. The molecule has 0 saturated carbocycles. The number of thiophene rings is 1. The first-order valence-corrected chi connectivity index (χ1v) is 10.3. The highest BCUT2D eigenvalue weighted by atomic mass is 32.1. The molecule has 0 fully saturated rings. The van der Waals surface area contributed by atoms with Crippen LogP contribution in [0.15, 0.2) is 72.3 Å². The molecule has 3 rings (SSSR count).